The maximum absolute atomic E-state index is 10.7. The molecule has 0 aliphatic rings. The van der Waals surface area contributed by atoms with Gasteiger partial charge in [-0.15, -0.1) is 0 Å². The van der Waals surface area contributed by atoms with Gasteiger partial charge in [0.2, 0.25) is 0 Å². The van der Waals surface area contributed by atoms with E-state index in [1.54, 1.807) is 6.92 Å². The summed E-state index contributed by atoms with van der Waals surface area (Å²) >= 11 is 5.84. The third kappa shape index (κ3) is 2.88. The number of halogens is 1. The largest absolute Gasteiger partial charge is 0.479 e. The highest BCUT2D eigenvalue weighted by atomic mass is 35.5. The molecule has 0 fully saturated rings. The first-order chi connectivity index (χ1) is 7.58. The summed E-state index contributed by atoms with van der Waals surface area (Å²) in [6.07, 6.45) is -0.587. The zero-order valence-electron chi connectivity index (χ0n) is 8.61. The number of benzene rings is 1. The van der Waals surface area contributed by atoms with Gasteiger partial charge in [0.15, 0.2) is 6.10 Å². The number of carboxylic acids is 1. The van der Waals surface area contributed by atoms with E-state index in [2.05, 4.69) is 0 Å². The van der Waals surface area contributed by atoms with Gasteiger partial charge in [-0.3, -0.25) is 0 Å². The van der Waals surface area contributed by atoms with Gasteiger partial charge in [0.1, 0.15) is 5.75 Å². The smallest absolute Gasteiger partial charge is 0.344 e. The molecule has 0 aromatic heterocycles. The molecule has 0 heterocycles. The van der Waals surface area contributed by atoms with Gasteiger partial charge in [-0.05, 0) is 24.6 Å². The van der Waals surface area contributed by atoms with Crippen LogP contribution in [0.1, 0.15) is 18.9 Å². The first-order valence-corrected chi connectivity index (χ1v) is 5.05. The lowest BCUT2D eigenvalue weighted by atomic mass is 10.2. The van der Waals surface area contributed by atoms with Crippen molar-refractivity contribution in [2.24, 2.45) is 0 Å². The predicted molar refractivity (Wildman–Crippen MR) is 58.5 cm³/mol. The lowest BCUT2D eigenvalue weighted by Crippen LogP contribution is -2.26. The molecule has 0 amide bonds. The molecule has 1 N–H and O–H groups in total. The summed E-state index contributed by atoms with van der Waals surface area (Å²) in [5, 5.41) is 17.7. The van der Waals surface area contributed by atoms with Crippen LogP contribution < -0.4 is 4.74 Å². The Hall–Kier alpha value is -1.73. The second-order valence-corrected chi connectivity index (χ2v) is 3.52. The van der Waals surface area contributed by atoms with Crippen molar-refractivity contribution in [1.82, 2.24) is 0 Å². The lowest BCUT2D eigenvalue weighted by molar-refractivity contribution is -0.145. The van der Waals surface area contributed by atoms with Crippen LogP contribution in [0.3, 0.4) is 0 Å². The number of rotatable bonds is 4. The van der Waals surface area contributed by atoms with E-state index < -0.39 is 12.1 Å². The molecule has 0 saturated carbocycles. The summed E-state index contributed by atoms with van der Waals surface area (Å²) in [6, 6.07) is 6.38. The molecule has 0 spiro atoms. The Morgan fingerprint density at radius 2 is 2.38 bits per heavy atom. The van der Waals surface area contributed by atoms with Crippen LogP contribution in [-0.2, 0) is 4.79 Å². The Bertz CT molecular complexity index is 439. The first-order valence-electron chi connectivity index (χ1n) is 4.67. The number of hydrogen-bond donors (Lipinski definition) is 1. The quantitative estimate of drug-likeness (QED) is 0.876. The minimum atomic E-state index is -1.04. The summed E-state index contributed by atoms with van der Waals surface area (Å²) in [4.78, 5) is 10.7. The number of aliphatic carboxylic acids is 1. The first kappa shape index (κ1) is 12.3. The second kappa shape index (κ2) is 5.38. The second-order valence-electron chi connectivity index (χ2n) is 3.11. The Morgan fingerprint density at radius 1 is 1.69 bits per heavy atom. The Balaban J connectivity index is 2.90. The summed E-state index contributed by atoms with van der Waals surface area (Å²) in [6.45, 7) is 1.70. The number of ether oxygens (including phenoxy) is 1. The van der Waals surface area contributed by atoms with Crippen molar-refractivity contribution in [2.45, 2.75) is 19.4 Å². The fraction of sp³-hybridized carbons (Fsp3) is 0.273. The van der Waals surface area contributed by atoms with Gasteiger partial charge >= 0.3 is 5.97 Å². The van der Waals surface area contributed by atoms with Crippen LogP contribution in [0.15, 0.2) is 18.2 Å². The molecule has 0 saturated heterocycles. The predicted octanol–water partition coefficient (Wildman–Crippen LogP) is 2.45. The van der Waals surface area contributed by atoms with Crippen molar-refractivity contribution < 1.29 is 14.6 Å². The minimum absolute atomic E-state index is 0.235. The summed E-state index contributed by atoms with van der Waals surface area (Å²) in [5.41, 5.74) is 0.403. The molecule has 1 aromatic rings. The van der Waals surface area contributed by atoms with Crippen LogP contribution in [-0.4, -0.2) is 17.2 Å². The van der Waals surface area contributed by atoms with E-state index in [1.807, 2.05) is 6.07 Å². The molecule has 4 nitrogen and oxygen atoms in total. The highest BCUT2D eigenvalue weighted by Gasteiger charge is 2.18. The third-order valence-electron chi connectivity index (χ3n) is 1.98. The van der Waals surface area contributed by atoms with Gasteiger partial charge in [0.05, 0.1) is 16.7 Å². The van der Waals surface area contributed by atoms with E-state index in [1.165, 1.54) is 18.2 Å². The van der Waals surface area contributed by atoms with Crippen molar-refractivity contribution in [1.29, 1.82) is 5.26 Å². The summed E-state index contributed by atoms with van der Waals surface area (Å²) in [7, 11) is 0. The maximum Gasteiger partial charge on any atom is 0.344 e. The fourth-order valence-electron chi connectivity index (χ4n) is 1.13. The van der Waals surface area contributed by atoms with Crippen LogP contribution in [0.4, 0.5) is 0 Å². The Morgan fingerprint density at radius 3 is 2.81 bits per heavy atom. The molecule has 0 aliphatic carbocycles. The number of carbonyl (C=O) groups is 1. The van der Waals surface area contributed by atoms with Crippen molar-refractivity contribution in [2.75, 3.05) is 0 Å². The SMILES string of the molecule is CCC(Oc1ccc(C#N)cc1Cl)C(=O)O. The molecule has 0 bridgehead atoms. The molecule has 1 rings (SSSR count). The van der Waals surface area contributed by atoms with Gasteiger partial charge in [-0.25, -0.2) is 4.79 Å². The Labute approximate surface area is 98.0 Å². The van der Waals surface area contributed by atoms with E-state index in [4.69, 9.17) is 26.7 Å². The molecule has 0 radical (unpaired) electrons. The molecule has 84 valence electrons. The van der Waals surface area contributed by atoms with Crippen LogP contribution in [0.25, 0.3) is 0 Å². The van der Waals surface area contributed by atoms with Crippen LogP contribution in [0, 0.1) is 11.3 Å². The molecule has 0 aliphatic heterocycles. The molecule has 5 heteroatoms. The summed E-state index contributed by atoms with van der Waals surface area (Å²) < 4.78 is 5.21. The van der Waals surface area contributed by atoms with Crippen LogP contribution in [0.2, 0.25) is 5.02 Å². The van der Waals surface area contributed by atoms with Crippen molar-refractivity contribution in [3.63, 3.8) is 0 Å². The Kier molecular flexibility index (Phi) is 4.15. The third-order valence-corrected chi connectivity index (χ3v) is 2.27. The van der Waals surface area contributed by atoms with Crippen molar-refractivity contribution >= 4 is 17.6 Å². The average molecular weight is 240 g/mol. The zero-order chi connectivity index (χ0) is 12.1. The van der Waals surface area contributed by atoms with Crippen LogP contribution >= 0.6 is 11.6 Å². The number of carboxylic acid groups (broad SMARTS) is 1. The molecule has 1 unspecified atom stereocenters. The number of hydrogen-bond acceptors (Lipinski definition) is 3. The van der Waals surface area contributed by atoms with Gasteiger partial charge in [-0.2, -0.15) is 5.26 Å². The standard InChI is InChI=1S/C11H10ClNO3/c1-2-9(11(14)15)16-10-4-3-7(6-13)5-8(10)12/h3-5,9H,2H2,1H3,(H,14,15). The van der Waals surface area contributed by atoms with Gasteiger partial charge in [-0.1, -0.05) is 18.5 Å². The number of nitrogens with zero attached hydrogens (tertiary/aromatic N) is 1. The highest BCUT2D eigenvalue weighted by molar-refractivity contribution is 6.32. The van der Waals surface area contributed by atoms with Crippen LogP contribution in [0.5, 0.6) is 5.75 Å². The summed E-state index contributed by atoms with van der Waals surface area (Å²) in [5.74, 6) is -0.766. The van der Waals surface area contributed by atoms with E-state index in [-0.39, 0.29) is 10.8 Å². The number of nitriles is 1. The molecule has 1 aromatic carbocycles. The maximum atomic E-state index is 10.7. The minimum Gasteiger partial charge on any atom is -0.479 e. The molecule has 1 atom stereocenters. The van der Waals surface area contributed by atoms with E-state index in [0.717, 1.165) is 0 Å². The van der Waals surface area contributed by atoms with Crippen molar-refractivity contribution in [3.05, 3.63) is 28.8 Å². The molecule has 16 heavy (non-hydrogen) atoms. The normalized spacial score (nSPS) is 11.6. The lowest BCUT2D eigenvalue weighted by Gasteiger charge is -2.14. The van der Waals surface area contributed by atoms with Crippen molar-refractivity contribution in [3.8, 4) is 11.8 Å². The fourth-order valence-corrected chi connectivity index (χ4v) is 1.35. The monoisotopic (exact) mass is 239 g/mol. The van der Waals surface area contributed by atoms with Gasteiger partial charge in [0.25, 0.3) is 0 Å². The zero-order valence-corrected chi connectivity index (χ0v) is 9.36. The topological polar surface area (TPSA) is 70.3 Å². The molecular weight excluding hydrogens is 230 g/mol. The average Bonchev–Trinajstić information content (AvgIpc) is 2.26. The van der Waals surface area contributed by atoms with E-state index >= 15 is 0 Å². The van der Waals surface area contributed by atoms with Gasteiger partial charge < -0.3 is 9.84 Å². The van der Waals surface area contributed by atoms with Gasteiger partial charge in [0, 0.05) is 0 Å². The van der Waals surface area contributed by atoms with E-state index in [9.17, 15) is 4.79 Å². The van der Waals surface area contributed by atoms with E-state index in [0.29, 0.717) is 12.0 Å². The highest BCUT2D eigenvalue weighted by Crippen LogP contribution is 2.26. The molecular formula is C11H10ClNO3.